The molecule has 0 spiro atoms. The monoisotopic (exact) mass is 307 g/mol. The summed E-state index contributed by atoms with van der Waals surface area (Å²) in [7, 11) is 0. The van der Waals surface area contributed by atoms with E-state index in [2.05, 4.69) is 5.32 Å². The molecule has 0 unspecified atom stereocenters. The van der Waals surface area contributed by atoms with Crippen LogP contribution in [0.15, 0.2) is 24.3 Å². The van der Waals surface area contributed by atoms with Crippen LogP contribution in [0.3, 0.4) is 0 Å². The molecule has 0 aliphatic carbocycles. The second kappa shape index (κ2) is 6.05. The molecule has 2 aromatic rings. The molecule has 0 saturated carbocycles. The number of benzene rings is 1. The number of aryl methyl sites for hydroxylation is 1. The van der Waals surface area contributed by atoms with Crippen molar-refractivity contribution in [2.45, 2.75) is 20.3 Å². The van der Waals surface area contributed by atoms with Crippen molar-refractivity contribution >= 4 is 28.2 Å². The van der Waals surface area contributed by atoms with Gasteiger partial charge in [0.2, 0.25) is 5.91 Å². The highest BCUT2D eigenvalue weighted by Crippen LogP contribution is 2.32. The average molecular weight is 307 g/mol. The van der Waals surface area contributed by atoms with Gasteiger partial charge in [-0.05, 0) is 37.1 Å². The Morgan fingerprint density at radius 2 is 1.86 bits per heavy atom. The molecule has 0 radical (unpaired) electrons. The molecule has 0 aliphatic heterocycles. The van der Waals surface area contributed by atoms with Crippen LogP contribution < -0.4 is 5.32 Å². The SMILES string of the molecule is Cc1sc(NC(=O)Cc2ccc(F)cc2)c(C(=O)O)c1C. The third-order valence-corrected chi connectivity index (χ3v) is 4.25. The molecule has 110 valence electrons. The van der Waals surface area contributed by atoms with Crippen molar-refractivity contribution in [3.05, 3.63) is 51.7 Å². The Balaban J connectivity index is 2.15. The molecule has 0 bridgehead atoms. The van der Waals surface area contributed by atoms with Crippen molar-refractivity contribution in [3.8, 4) is 0 Å². The lowest BCUT2D eigenvalue weighted by molar-refractivity contribution is -0.115. The van der Waals surface area contributed by atoms with E-state index in [0.29, 0.717) is 16.1 Å². The number of anilines is 1. The molecule has 0 aliphatic rings. The molecule has 0 saturated heterocycles. The largest absolute Gasteiger partial charge is 0.478 e. The van der Waals surface area contributed by atoms with E-state index in [1.165, 1.54) is 35.6 Å². The number of hydrogen-bond donors (Lipinski definition) is 2. The summed E-state index contributed by atoms with van der Waals surface area (Å²) in [6.07, 6.45) is 0.0648. The first-order chi connectivity index (χ1) is 9.88. The first-order valence-corrected chi connectivity index (χ1v) is 7.07. The Hall–Kier alpha value is -2.21. The molecule has 0 atom stereocenters. The maximum absolute atomic E-state index is 12.8. The number of halogens is 1. The fourth-order valence-electron chi connectivity index (χ4n) is 1.93. The molecule has 2 rings (SSSR count). The molecule has 1 heterocycles. The van der Waals surface area contributed by atoms with Gasteiger partial charge in [0.05, 0.1) is 12.0 Å². The topological polar surface area (TPSA) is 66.4 Å². The van der Waals surface area contributed by atoms with Crippen molar-refractivity contribution in [2.24, 2.45) is 0 Å². The van der Waals surface area contributed by atoms with Gasteiger partial charge in [0, 0.05) is 4.88 Å². The number of thiophene rings is 1. The quantitative estimate of drug-likeness (QED) is 0.910. The number of carbonyl (C=O) groups excluding carboxylic acids is 1. The second-order valence-corrected chi connectivity index (χ2v) is 5.87. The van der Waals surface area contributed by atoms with Gasteiger partial charge in [0.25, 0.3) is 0 Å². The Kier molecular flexibility index (Phi) is 4.37. The van der Waals surface area contributed by atoms with E-state index in [1.807, 2.05) is 6.92 Å². The number of carbonyl (C=O) groups is 2. The Bertz CT molecular complexity index is 692. The van der Waals surface area contributed by atoms with Crippen LogP contribution in [-0.2, 0) is 11.2 Å². The normalized spacial score (nSPS) is 10.4. The second-order valence-electron chi connectivity index (χ2n) is 4.64. The van der Waals surface area contributed by atoms with Crippen LogP contribution in [0.5, 0.6) is 0 Å². The van der Waals surface area contributed by atoms with Gasteiger partial charge >= 0.3 is 5.97 Å². The van der Waals surface area contributed by atoms with Gasteiger partial charge in [-0.25, -0.2) is 9.18 Å². The molecule has 6 heteroatoms. The first kappa shape index (κ1) is 15.2. The summed E-state index contributed by atoms with van der Waals surface area (Å²) >= 11 is 1.24. The number of hydrogen-bond acceptors (Lipinski definition) is 3. The van der Waals surface area contributed by atoms with E-state index in [-0.39, 0.29) is 23.7 Å². The molecule has 4 nitrogen and oxygen atoms in total. The Morgan fingerprint density at radius 1 is 1.24 bits per heavy atom. The molecule has 2 N–H and O–H groups in total. The summed E-state index contributed by atoms with van der Waals surface area (Å²) in [5.74, 6) is -1.75. The van der Waals surface area contributed by atoms with Crippen LogP contribution >= 0.6 is 11.3 Å². The van der Waals surface area contributed by atoms with Crippen LogP contribution in [0.2, 0.25) is 0 Å². The third kappa shape index (κ3) is 3.46. The van der Waals surface area contributed by atoms with E-state index < -0.39 is 5.97 Å². The summed E-state index contributed by atoms with van der Waals surface area (Å²) in [5, 5.41) is 12.2. The van der Waals surface area contributed by atoms with Gasteiger partial charge < -0.3 is 10.4 Å². The van der Waals surface area contributed by atoms with E-state index in [4.69, 9.17) is 0 Å². The minimum absolute atomic E-state index is 0.0648. The van der Waals surface area contributed by atoms with Crippen molar-refractivity contribution in [1.82, 2.24) is 0 Å². The van der Waals surface area contributed by atoms with Gasteiger partial charge in [-0.3, -0.25) is 4.79 Å². The highest BCUT2D eigenvalue weighted by molar-refractivity contribution is 7.16. The van der Waals surface area contributed by atoms with Crippen molar-refractivity contribution in [2.75, 3.05) is 5.32 Å². The highest BCUT2D eigenvalue weighted by Gasteiger charge is 2.20. The van der Waals surface area contributed by atoms with Gasteiger partial charge in [-0.1, -0.05) is 12.1 Å². The summed E-state index contributed by atoms with van der Waals surface area (Å²) in [6.45, 7) is 3.52. The lowest BCUT2D eigenvalue weighted by Crippen LogP contribution is -2.15. The molecule has 1 aromatic heterocycles. The predicted octanol–water partition coefficient (Wildman–Crippen LogP) is 3.38. The maximum atomic E-state index is 12.8. The molecule has 1 aromatic carbocycles. The first-order valence-electron chi connectivity index (χ1n) is 6.26. The lowest BCUT2D eigenvalue weighted by Gasteiger charge is -2.05. The van der Waals surface area contributed by atoms with E-state index in [9.17, 15) is 19.1 Å². The minimum atomic E-state index is -1.06. The van der Waals surface area contributed by atoms with Crippen LogP contribution in [0.1, 0.15) is 26.4 Å². The summed E-state index contributed by atoms with van der Waals surface area (Å²) in [4.78, 5) is 24.1. The fraction of sp³-hybridized carbons (Fsp3) is 0.200. The summed E-state index contributed by atoms with van der Waals surface area (Å²) in [6, 6.07) is 5.62. The van der Waals surface area contributed by atoms with Crippen LogP contribution in [0.4, 0.5) is 9.39 Å². The highest BCUT2D eigenvalue weighted by atomic mass is 32.1. The fourth-order valence-corrected chi connectivity index (χ4v) is 3.00. The Morgan fingerprint density at radius 3 is 2.43 bits per heavy atom. The van der Waals surface area contributed by atoms with Gasteiger partial charge in [-0.2, -0.15) is 0 Å². The number of nitrogens with one attached hydrogen (secondary N) is 1. The Labute approximate surface area is 125 Å². The average Bonchev–Trinajstić information content (AvgIpc) is 2.67. The number of rotatable bonds is 4. The van der Waals surface area contributed by atoms with Crippen LogP contribution in [-0.4, -0.2) is 17.0 Å². The van der Waals surface area contributed by atoms with E-state index in [0.717, 1.165) is 4.88 Å². The zero-order chi connectivity index (χ0) is 15.6. The van der Waals surface area contributed by atoms with Gasteiger partial charge in [0.1, 0.15) is 10.8 Å². The smallest absolute Gasteiger partial charge is 0.338 e. The summed E-state index contributed by atoms with van der Waals surface area (Å²) in [5.41, 5.74) is 1.45. The zero-order valence-corrected chi connectivity index (χ0v) is 12.4. The molecular weight excluding hydrogens is 293 g/mol. The number of amides is 1. The number of aromatic carboxylic acids is 1. The van der Waals surface area contributed by atoms with Crippen molar-refractivity contribution in [3.63, 3.8) is 0 Å². The van der Waals surface area contributed by atoms with Crippen molar-refractivity contribution in [1.29, 1.82) is 0 Å². The maximum Gasteiger partial charge on any atom is 0.338 e. The molecule has 21 heavy (non-hydrogen) atoms. The third-order valence-electron chi connectivity index (χ3n) is 3.13. The standard InChI is InChI=1S/C15H14FNO3S/c1-8-9(2)21-14(13(8)15(19)20)17-12(18)7-10-3-5-11(16)6-4-10/h3-6H,7H2,1-2H3,(H,17,18)(H,19,20). The molecule has 1 amide bonds. The molecular formula is C15H14FNO3S. The minimum Gasteiger partial charge on any atom is -0.478 e. The van der Waals surface area contributed by atoms with Crippen LogP contribution in [0, 0.1) is 19.7 Å². The predicted molar refractivity (Wildman–Crippen MR) is 79.5 cm³/mol. The molecule has 0 fully saturated rings. The van der Waals surface area contributed by atoms with Crippen LogP contribution in [0.25, 0.3) is 0 Å². The zero-order valence-electron chi connectivity index (χ0n) is 11.6. The number of carboxylic acid groups (broad SMARTS) is 1. The lowest BCUT2D eigenvalue weighted by atomic mass is 10.1. The van der Waals surface area contributed by atoms with Gasteiger partial charge in [0.15, 0.2) is 0 Å². The summed E-state index contributed by atoms with van der Waals surface area (Å²) < 4.78 is 12.8. The van der Waals surface area contributed by atoms with E-state index >= 15 is 0 Å². The van der Waals surface area contributed by atoms with Crippen molar-refractivity contribution < 1.29 is 19.1 Å². The van der Waals surface area contributed by atoms with Gasteiger partial charge in [-0.15, -0.1) is 11.3 Å². The number of carboxylic acids is 1. The van der Waals surface area contributed by atoms with E-state index in [1.54, 1.807) is 6.92 Å².